The summed E-state index contributed by atoms with van der Waals surface area (Å²) in [6, 6.07) is 2.76. The maximum absolute atomic E-state index is 13.1. The quantitative estimate of drug-likeness (QED) is 0.116. The lowest BCUT2D eigenvalue weighted by Gasteiger charge is -2.37. The van der Waals surface area contributed by atoms with Crippen LogP contribution in [0.4, 0.5) is 0 Å². The molecule has 2 aliphatic heterocycles. The van der Waals surface area contributed by atoms with Crippen LogP contribution in [-0.4, -0.2) is 136 Å². The van der Waals surface area contributed by atoms with Crippen LogP contribution in [0.1, 0.15) is 71.0 Å². The molecule has 4 atom stereocenters. The Hall–Kier alpha value is -1.12. The molecule has 0 aromatic carbocycles. The van der Waals surface area contributed by atoms with Crippen LogP contribution in [0.25, 0.3) is 0 Å². The van der Waals surface area contributed by atoms with Crippen LogP contribution in [0.15, 0.2) is 29.0 Å². The second kappa shape index (κ2) is 20.9. The highest BCUT2D eigenvalue weighted by molar-refractivity contribution is 7.96. The molecular weight excluding hydrogens is 851 g/mol. The van der Waals surface area contributed by atoms with E-state index in [1.807, 2.05) is 20.8 Å². The van der Waals surface area contributed by atoms with Gasteiger partial charge in [-0.1, -0.05) is 13.8 Å². The first-order valence-electron chi connectivity index (χ1n) is 18.8. The number of rotatable bonds is 26. The van der Waals surface area contributed by atoms with Crippen LogP contribution in [-0.2, 0) is 68.8 Å². The zero-order chi connectivity index (χ0) is 41.2. The summed E-state index contributed by atoms with van der Waals surface area (Å²) in [5.41, 5.74) is 0.419. The lowest BCUT2D eigenvalue weighted by Crippen LogP contribution is -2.46. The highest BCUT2D eigenvalue weighted by Gasteiger charge is 2.45. The van der Waals surface area contributed by atoms with Crippen LogP contribution < -0.4 is 15.4 Å². The van der Waals surface area contributed by atoms with Crippen molar-refractivity contribution in [2.75, 3.05) is 91.5 Å². The Labute approximate surface area is 340 Å². The van der Waals surface area contributed by atoms with E-state index in [0.29, 0.717) is 70.1 Å². The van der Waals surface area contributed by atoms with Gasteiger partial charge in [-0.2, -0.15) is 0 Å². The van der Waals surface area contributed by atoms with Crippen LogP contribution >= 0.6 is 22.7 Å². The number of sulfonamides is 1. The molecule has 0 aliphatic carbocycles. The van der Waals surface area contributed by atoms with Gasteiger partial charge in [-0.3, -0.25) is 0 Å². The Morgan fingerprint density at radius 3 is 1.84 bits per heavy atom. The standard InChI is InChI=1S/C34H57N3O13S6/c1-6-35-29-21-25(3)54(40,41)32-27(29)22-31(52-32)56(44,45)37-9-11-47-13-15-49-17-19-50-18-16-48-14-12-46-10-8-20-53(38,39)30-23-28-33(51-30)55(42,43)26(4)24-34(28,5)36-7-2/h22-23,25-26,29,35-37H,6-21,24H2,1-5H3/t25-,26-,29-,34-/m0/s1. The number of thiophene rings is 2. The van der Waals surface area contributed by atoms with E-state index in [-0.39, 0.29) is 74.6 Å². The minimum Gasteiger partial charge on any atom is -0.379 e. The molecule has 4 heterocycles. The fraction of sp³-hybridized carbons (Fsp3) is 0.765. The molecule has 56 heavy (non-hydrogen) atoms. The predicted molar refractivity (Wildman–Crippen MR) is 215 cm³/mol. The summed E-state index contributed by atoms with van der Waals surface area (Å²) in [6.07, 6.45) is 1.02. The molecule has 22 heteroatoms. The zero-order valence-corrected chi connectivity index (χ0v) is 37.6. The van der Waals surface area contributed by atoms with Gasteiger partial charge in [-0.25, -0.2) is 38.4 Å². The Morgan fingerprint density at radius 1 is 0.732 bits per heavy atom. The Balaban J connectivity index is 0.989. The van der Waals surface area contributed by atoms with Crippen LogP contribution in [0.3, 0.4) is 0 Å². The molecule has 0 fully saturated rings. The molecule has 0 saturated heterocycles. The summed E-state index contributed by atoms with van der Waals surface area (Å²) >= 11 is 1.62. The van der Waals surface area contributed by atoms with E-state index in [4.69, 9.17) is 23.7 Å². The summed E-state index contributed by atoms with van der Waals surface area (Å²) in [5.74, 6) is -0.156. The SMILES string of the molecule is CCN[C@H]1C[C@H](C)S(=O)(=O)c2sc(S(=O)(=O)NCCOCCOCCOCCOCCOCCCS(=O)(=O)c3cc4c(s3)S(=O)(=O)[C@@H](C)C[C@]4(C)NCC)cc21. The third kappa shape index (κ3) is 12.0. The molecule has 4 rings (SSSR count). The molecule has 0 saturated carbocycles. The molecule has 0 amide bonds. The number of nitrogens with one attached hydrogen (secondary N) is 3. The van der Waals surface area contributed by atoms with Crippen molar-refractivity contribution < 1.29 is 57.4 Å². The van der Waals surface area contributed by atoms with Crippen molar-refractivity contribution in [2.45, 2.75) is 92.8 Å². The minimum absolute atomic E-state index is 0.0180. The third-order valence-corrected chi connectivity index (χ3v) is 21.5. The first-order valence-corrected chi connectivity index (χ1v) is 26.6. The maximum atomic E-state index is 13.1. The Morgan fingerprint density at radius 2 is 1.27 bits per heavy atom. The van der Waals surface area contributed by atoms with E-state index in [1.165, 1.54) is 12.1 Å². The number of hydrogen-bond acceptors (Lipinski definition) is 17. The molecule has 0 unspecified atom stereocenters. The van der Waals surface area contributed by atoms with Crippen molar-refractivity contribution in [3.8, 4) is 0 Å². The molecular formula is C34H57N3O13S6. The van der Waals surface area contributed by atoms with Crippen molar-refractivity contribution in [2.24, 2.45) is 0 Å². The van der Waals surface area contributed by atoms with Gasteiger partial charge in [0, 0.05) is 35.9 Å². The van der Waals surface area contributed by atoms with E-state index in [0.717, 1.165) is 22.7 Å². The lowest BCUT2D eigenvalue weighted by molar-refractivity contribution is -0.0105. The van der Waals surface area contributed by atoms with Gasteiger partial charge in [0.25, 0.3) is 0 Å². The van der Waals surface area contributed by atoms with Crippen molar-refractivity contribution in [3.63, 3.8) is 0 Å². The van der Waals surface area contributed by atoms with Gasteiger partial charge in [-0.05, 0) is 65.3 Å². The summed E-state index contributed by atoms with van der Waals surface area (Å²) < 4.78 is 134. The topological polar surface area (TPSA) is 219 Å². The van der Waals surface area contributed by atoms with Gasteiger partial charge in [0.2, 0.25) is 10.0 Å². The molecule has 2 aromatic rings. The summed E-state index contributed by atoms with van der Waals surface area (Å²) in [5, 5.41) is 5.38. The maximum Gasteiger partial charge on any atom is 0.250 e. The molecule has 322 valence electrons. The molecule has 2 aromatic heterocycles. The minimum atomic E-state index is -3.91. The van der Waals surface area contributed by atoms with Crippen molar-refractivity contribution in [3.05, 3.63) is 23.3 Å². The van der Waals surface area contributed by atoms with E-state index in [1.54, 1.807) is 13.8 Å². The van der Waals surface area contributed by atoms with Crippen molar-refractivity contribution in [1.82, 2.24) is 15.4 Å². The highest BCUT2D eigenvalue weighted by atomic mass is 32.3. The molecule has 0 spiro atoms. The smallest absolute Gasteiger partial charge is 0.250 e. The van der Waals surface area contributed by atoms with Crippen LogP contribution in [0.5, 0.6) is 0 Å². The normalized spacial score (nSPS) is 23.2. The van der Waals surface area contributed by atoms with Gasteiger partial charge < -0.3 is 34.3 Å². The first kappa shape index (κ1) is 47.6. The Bertz CT molecular complexity index is 2020. The van der Waals surface area contributed by atoms with Gasteiger partial charge >= 0.3 is 0 Å². The lowest BCUT2D eigenvalue weighted by atomic mass is 9.89. The van der Waals surface area contributed by atoms with Crippen LogP contribution in [0.2, 0.25) is 0 Å². The largest absolute Gasteiger partial charge is 0.379 e. The van der Waals surface area contributed by atoms with E-state index in [9.17, 15) is 33.7 Å². The molecule has 0 radical (unpaired) electrons. The second-order valence-corrected chi connectivity index (χ2v) is 25.4. The monoisotopic (exact) mass is 907 g/mol. The van der Waals surface area contributed by atoms with Crippen molar-refractivity contribution >= 4 is 62.2 Å². The average Bonchev–Trinajstić information content (AvgIpc) is 3.81. The molecule has 0 bridgehead atoms. The first-order chi connectivity index (χ1) is 26.4. The van der Waals surface area contributed by atoms with Gasteiger partial charge in [-0.15, -0.1) is 22.7 Å². The summed E-state index contributed by atoms with van der Waals surface area (Å²) in [6.45, 7) is 13.2. The summed E-state index contributed by atoms with van der Waals surface area (Å²) in [4.78, 5) is 0. The summed E-state index contributed by atoms with van der Waals surface area (Å²) in [7, 11) is -14.8. The third-order valence-electron chi connectivity index (χ3n) is 9.50. The van der Waals surface area contributed by atoms with Crippen LogP contribution in [0, 0.1) is 0 Å². The number of sulfone groups is 3. The van der Waals surface area contributed by atoms with E-state index < -0.39 is 55.6 Å². The highest BCUT2D eigenvalue weighted by Crippen LogP contribution is 2.46. The molecule has 3 N–H and O–H groups in total. The fourth-order valence-electron chi connectivity index (χ4n) is 6.56. The van der Waals surface area contributed by atoms with Gasteiger partial charge in [0.05, 0.1) is 75.7 Å². The Kier molecular flexibility index (Phi) is 17.8. The molecule has 16 nitrogen and oxygen atoms in total. The van der Waals surface area contributed by atoms with Gasteiger partial charge in [0.1, 0.15) is 16.8 Å². The predicted octanol–water partition coefficient (Wildman–Crippen LogP) is 2.64. The average molecular weight is 908 g/mol. The molecule has 2 aliphatic rings. The van der Waals surface area contributed by atoms with E-state index in [2.05, 4.69) is 15.4 Å². The van der Waals surface area contributed by atoms with Gasteiger partial charge in [0.15, 0.2) is 29.5 Å². The number of fused-ring (bicyclic) bond motifs is 2. The van der Waals surface area contributed by atoms with Crippen molar-refractivity contribution in [1.29, 1.82) is 0 Å². The second-order valence-electron chi connectivity index (χ2n) is 13.8. The van der Waals surface area contributed by atoms with E-state index >= 15 is 0 Å². The number of ether oxygens (including phenoxy) is 5. The fourth-order valence-corrected chi connectivity index (χ4v) is 17.3. The zero-order valence-electron chi connectivity index (χ0n) is 32.7. The number of hydrogen-bond donors (Lipinski definition) is 3.